The van der Waals surface area contributed by atoms with Gasteiger partial charge in [-0.2, -0.15) is 0 Å². The van der Waals surface area contributed by atoms with Gasteiger partial charge in [-0.05, 0) is 52.8 Å². The third kappa shape index (κ3) is 4.33. The van der Waals surface area contributed by atoms with E-state index in [0.717, 1.165) is 10.8 Å². The van der Waals surface area contributed by atoms with Gasteiger partial charge in [0.05, 0.1) is 5.25 Å². The first-order valence-corrected chi connectivity index (χ1v) is 9.35. The van der Waals surface area contributed by atoms with E-state index in [4.69, 9.17) is 11.6 Å². The van der Waals surface area contributed by atoms with Crippen molar-refractivity contribution < 1.29 is 4.79 Å². The number of hydrogen-bond donors (Lipinski definition) is 0. The summed E-state index contributed by atoms with van der Waals surface area (Å²) >= 11 is 7.55. The zero-order valence-electron chi connectivity index (χ0n) is 14.7. The van der Waals surface area contributed by atoms with Gasteiger partial charge in [0.25, 0.3) is 0 Å². The lowest BCUT2D eigenvalue weighted by Crippen LogP contribution is -2.45. The Morgan fingerprint density at radius 3 is 2.46 bits per heavy atom. The average Bonchev–Trinajstić information content (AvgIpc) is 2.94. The molecular formula is C18H24ClN3OS. The molecule has 1 unspecified atom stereocenters. The summed E-state index contributed by atoms with van der Waals surface area (Å²) in [5.41, 5.74) is 0.937. The van der Waals surface area contributed by atoms with Crippen molar-refractivity contribution in [2.75, 3.05) is 0 Å². The topological polar surface area (TPSA) is 38.1 Å². The molecule has 0 aliphatic rings. The van der Waals surface area contributed by atoms with Crippen molar-refractivity contribution in [3.63, 3.8) is 0 Å². The predicted octanol–water partition coefficient (Wildman–Crippen LogP) is 4.65. The summed E-state index contributed by atoms with van der Waals surface area (Å²) < 4.78 is 1.95. The molecule has 24 heavy (non-hydrogen) atoms. The summed E-state index contributed by atoms with van der Waals surface area (Å²) in [4.78, 5) is 19.1. The van der Waals surface area contributed by atoms with Crippen molar-refractivity contribution in [3.05, 3.63) is 41.7 Å². The Morgan fingerprint density at radius 1 is 1.21 bits per heavy atom. The number of hydrogen-bond acceptors (Lipinski definition) is 3. The number of nitrogens with zero attached hydrogens (tertiary/aromatic N) is 3. The van der Waals surface area contributed by atoms with Crippen LogP contribution >= 0.6 is 23.4 Å². The molecule has 6 heteroatoms. The van der Waals surface area contributed by atoms with Crippen molar-refractivity contribution in [2.45, 2.75) is 57.1 Å². The highest BCUT2D eigenvalue weighted by Crippen LogP contribution is 2.27. The Morgan fingerprint density at radius 2 is 1.88 bits per heavy atom. The third-order valence-corrected chi connectivity index (χ3v) is 4.99. The quantitative estimate of drug-likeness (QED) is 0.699. The van der Waals surface area contributed by atoms with Crippen molar-refractivity contribution in [1.29, 1.82) is 0 Å². The van der Waals surface area contributed by atoms with Crippen LogP contribution in [0.5, 0.6) is 0 Å². The normalized spacial score (nSPS) is 12.7. The molecule has 2 rings (SSSR count). The Balaban J connectivity index is 2.20. The molecule has 1 heterocycles. The van der Waals surface area contributed by atoms with E-state index in [-0.39, 0.29) is 23.2 Å². The predicted molar refractivity (Wildman–Crippen MR) is 101 cm³/mol. The van der Waals surface area contributed by atoms with Gasteiger partial charge in [0.2, 0.25) is 5.91 Å². The van der Waals surface area contributed by atoms with Gasteiger partial charge in [-0.25, -0.2) is 4.98 Å². The summed E-state index contributed by atoms with van der Waals surface area (Å²) in [6, 6.07) is 7.94. The number of aromatic nitrogens is 2. The van der Waals surface area contributed by atoms with E-state index in [2.05, 4.69) is 4.98 Å². The van der Waals surface area contributed by atoms with Gasteiger partial charge in [0.15, 0.2) is 5.16 Å². The van der Waals surface area contributed by atoms with Crippen LogP contribution in [0.3, 0.4) is 0 Å². The second kappa shape index (κ2) is 8.08. The SMILES string of the molecule is CC(Sc1nccn1-c1cccc(Cl)c1)C(=O)N(C(C)C)C(C)C. The first kappa shape index (κ1) is 18.9. The monoisotopic (exact) mass is 365 g/mol. The fourth-order valence-corrected chi connectivity index (χ4v) is 3.85. The van der Waals surface area contributed by atoms with Crippen molar-refractivity contribution >= 4 is 29.3 Å². The van der Waals surface area contributed by atoms with Gasteiger partial charge in [0, 0.05) is 35.2 Å². The molecule has 1 aromatic heterocycles. The Labute approximate surface area is 153 Å². The van der Waals surface area contributed by atoms with Crippen molar-refractivity contribution in [3.8, 4) is 5.69 Å². The second-order valence-corrected chi connectivity index (χ2v) is 8.00. The summed E-state index contributed by atoms with van der Waals surface area (Å²) in [7, 11) is 0. The van der Waals surface area contributed by atoms with Crippen LogP contribution in [-0.2, 0) is 4.79 Å². The molecule has 1 amide bonds. The highest BCUT2D eigenvalue weighted by Gasteiger charge is 2.26. The van der Waals surface area contributed by atoms with E-state index in [0.29, 0.717) is 5.02 Å². The van der Waals surface area contributed by atoms with Crippen LogP contribution in [0.1, 0.15) is 34.6 Å². The minimum Gasteiger partial charge on any atom is -0.337 e. The molecule has 4 nitrogen and oxygen atoms in total. The van der Waals surface area contributed by atoms with E-state index >= 15 is 0 Å². The maximum Gasteiger partial charge on any atom is 0.236 e. The molecule has 0 bridgehead atoms. The molecule has 0 spiro atoms. The fraction of sp³-hybridized carbons (Fsp3) is 0.444. The molecule has 0 aliphatic carbocycles. The summed E-state index contributed by atoms with van der Waals surface area (Å²) in [5, 5.41) is 1.24. The van der Waals surface area contributed by atoms with Crippen LogP contribution in [0.4, 0.5) is 0 Å². The highest BCUT2D eigenvalue weighted by atomic mass is 35.5. The highest BCUT2D eigenvalue weighted by molar-refractivity contribution is 8.00. The number of imidazole rings is 1. The number of rotatable bonds is 6. The molecule has 130 valence electrons. The number of thioether (sulfide) groups is 1. The maximum absolute atomic E-state index is 12.8. The minimum atomic E-state index is -0.213. The Kier molecular flexibility index (Phi) is 6.35. The van der Waals surface area contributed by atoms with Crippen LogP contribution in [0.25, 0.3) is 5.69 Å². The van der Waals surface area contributed by atoms with E-state index in [1.165, 1.54) is 11.8 Å². The summed E-state index contributed by atoms with van der Waals surface area (Å²) in [6.45, 7) is 10.1. The lowest BCUT2D eigenvalue weighted by molar-refractivity contribution is -0.133. The van der Waals surface area contributed by atoms with E-state index < -0.39 is 0 Å². The minimum absolute atomic E-state index is 0.130. The lowest BCUT2D eigenvalue weighted by Gasteiger charge is -2.32. The number of amides is 1. The molecule has 1 aromatic carbocycles. The van der Waals surface area contributed by atoms with Gasteiger partial charge >= 0.3 is 0 Å². The average molecular weight is 366 g/mol. The second-order valence-electron chi connectivity index (χ2n) is 6.25. The molecular weight excluding hydrogens is 342 g/mol. The number of halogens is 1. The molecule has 1 atom stereocenters. The first-order valence-electron chi connectivity index (χ1n) is 8.09. The van der Waals surface area contributed by atoms with Crippen molar-refractivity contribution in [1.82, 2.24) is 14.5 Å². The standard InChI is InChI=1S/C18H24ClN3OS/c1-12(2)22(13(3)4)17(23)14(5)24-18-20-9-10-21(18)16-8-6-7-15(19)11-16/h6-14H,1-5H3. The molecule has 0 N–H and O–H groups in total. The molecule has 0 fully saturated rings. The fourth-order valence-electron chi connectivity index (χ4n) is 2.72. The maximum atomic E-state index is 12.8. The first-order chi connectivity index (χ1) is 11.3. The number of carbonyl (C=O) groups excluding carboxylic acids is 1. The molecule has 0 aliphatic heterocycles. The van der Waals surface area contributed by atoms with Crippen molar-refractivity contribution in [2.24, 2.45) is 0 Å². The van der Waals surface area contributed by atoms with E-state index in [1.54, 1.807) is 6.20 Å². The van der Waals surface area contributed by atoms with Gasteiger partial charge < -0.3 is 4.90 Å². The Hall–Kier alpha value is -1.46. The Bertz CT molecular complexity index is 691. The molecule has 2 aromatic rings. The van der Waals surface area contributed by atoms with E-state index in [1.807, 2.05) is 74.5 Å². The molecule has 0 saturated carbocycles. The van der Waals surface area contributed by atoms with Gasteiger partial charge in [-0.1, -0.05) is 29.4 Å². The smallest absolute Gasteiger partial charge is 0.236 e. The zero-order chi connectivity index (χ0) is 17.9. The number of benzene rings is 1. The van der Waals surface area contributed by atoms with Crippen LogP contribution in [0.15, 0.2) is 41.8 Å². The van der Waals surface area contributed by atoms with Gasteiger partial charge in [-0.3, -0.25) is 9.36 Å². The molecule has 0 radical (unpaired) electrons. The lowest BCUT2D eigenvalue weighted by atomic mass is 10.2. The zero-order valence-corrected chi connectivity index (χ0v) is 16.3. The van der Waals surface area contributed by atoms with Crippen LogP contribution in [-0.4, -0.2) is 37.7 Å². The van der Waals surface area contributed by atoms with Crippen LogP contribution in [0, 0.1) is 0 Å². The summed E-state index contributed by atoms with van der Waals surface area (Å²) in [6.07, 6.45) is 3.62. The van der Waals surface area contributed by atoms with Crippen LogP contribution < -0.4 is 0 Å². The molecule has 0 saturated heterocycles. The third-order valence-electron chi connectivity index (χ3n) is 3.69. The largest absolute Gasteiger partial charge is 0.337 e. The van der Waals surface area contributed by atoms with Gasteiger partial charge in [0.1, 0.15) is 0 Å². The van der Waals surface area contributed by atoms with Gasteiger partial charge in [-0.15, -0.1) is 0 Å². The van der Waals surface area contributed by atoms with Crippen LogP contribution in [0.2, 0.25) is 5.02 Å². The summed E-state index contributed by atoms with van der Waals surface area (Å²) in [5.74, 6) is 0.130. The van der Waals surface area contributed by atoms with E-state index in [9.17, 15) is 4.79 Å². The number of carbonyl (C=O) groups is 1.